The molecule has 0 aromatic rings. The third kappa shape index (κ3) is 2.68. The Kier molecular flexibility index (Phi) is 5.12. The van der Waals surface area contributed by atoms with Crippen LogP contribution in [0.2, 0.25) is 0 Å². The Morgan fingerprint density at radius 1 is 1.17 bits per heavy atom. The molecule has 0 aliphatic heterocycles. The van der Waals surface area contributed by atoms with Gasteiger partial charge in [0.1, 0.15) is 0 Å². The first-order valence-electron chi connectivity index (χ1n) is 11.2. The minimum absolute atomic E-state index is 0.0375. The summed E-state index contributed by atoms with van der Waals surface area (Å²) in [4.78, 5) is 37.2. The van der Waals surface area contributed by atoms with Gasteiger partial charge in [0.2, 0.25) is 0 Å². The van der Waals surface area contributed by atoms with Crippen LogP contribution in [0.4, 0.5) is 0 Å². The smallest absolute Gasteiger partial charge is 0.303 e. The Hall–Kier alpha value is -1.42. The van der Waals surface area contributed by atoms with E-state index in [-0.39, 0.29) is 40.2 Å². The number of Topliss-reactive ketones (excluding diaryl/α,β-unsaturated/α-hetero) is 1. The molecular formula is C25H33ClO4. The van der Waals surface area contributed by atoms with Gasteiger partial charge in [0.25, 0.3) is 0 Å². The standard InChI is InChI=1S/C25H33ClO4/c1-14-10-19-20-7-9-25(15(2)27,30-16(3)28)23(20,4)8-6-21(19)24(5)17(13-26)11-18(29)12-22(14)24/h12,17,19-21H,1,6-11,13H2,2-5H3/t17-,19+,20+,21+,23+,24-,25+/m1/s1. The molecule has 4 rings (SSSR count). The van der Waals surface area contributed by atoms with Crippen LogP contribution in [0.25, 0.3) is 0 Å². The summed E-state index contributed by atoms with van der Waals surface area (Å²) in [6.45, 7) is 11.8. The Bertz CT molecular complexity index is 859. The van der Waals surface area contributed by atoms with Crippen molar-refractivity contribution < 1.29 is 19.1 Å². The van der Waals surface area contributed by atoms with Crippen molar-refractivity contribution in [3.8, 4) is 0 Å². The first kappa shape index (κ1) is 21.8. The molecule has 0 saturated heterocycles. The quantitative estimate of drug-likeness (QED) is 0.463. The van der Waals surface area contributed by atoms with Gasteiger partial charge in [0, 0.05) is 30.1 Å². The molecule has 4 nitrogen and oxygen atoms in total. The van der Waals surface area contributed by atoms with Crippen LogP contribution < -0.4 is 0 Å². The first-order chi connectivity index (χ1) is 14.0. The fraction of sp³-hybridized carbons (Fsp3) is 0.720. The normalized spacial score (nSPS) is 45.2. The van der Waals surface area contributed by atoms with E-state index in [0.717, 1.165) is 36.8 Å². The van der Waals surface area contributed by atoms with Gasteiger partial charge in [0.05, 0.1) is 0 Å². The number of ketones is 2. The van der Waals surface area contributed by atoms with E-state index < -0.39 is 5.60 Å². The van der Waals surface area contributed by atoms with E-state index in [1.165, 1.54) is 6.92 Å². The fourth-order valence-electron chi connectivity index (χ4n) is 8.02. The molecule has 3 saturated carbocycles. The van der Waals surface area contributed by atoms with Crippen molar-refractivity contribution in [2.75, 3.05) is 5.88 Å². The lowest BCUT2D eigenvalue weighted by molar-refractivity contribution is -0.187. The average molecular weight is 433 g/mol. The molecule has 0 aromatic heterocycles. The van der Waals surface area contributed by atoms with E-state index in [4.69, 9.17) is 16.3 Å². The Morgan fingerprint density at radius 2 is 1.83 bits per heavy atom. The van der Waals surface area contributed by atoms with E-state index in [1.807, 2.05) is 6.08 Å². The summed E-state index contributed by atoms with van der Waals surface area (Å²) in [6.07, 6.45) is 6.39. The summed E-state index contributed by atoms with van der Waals surface area (Å²) < 4.78 is 5.84. The second-order valence-corrected chi connectivity index (χ2v) is 10.8. The lowest BCUT2D eigenvalue weighted by Crippen LogP contribution is -2.59. The third-order valence-electron chi connectivity index (χ3n) is 9.44. The van der Waals surface area contributed by atoms with E-state index in [9.17, 15) is 14.4 Å². The maximum atomic E-state index is 12.9. The van der Waals surface area contributed by atoms with Crippen molar-refractivity contribution in [2.45, 2.75) is 71.8 Å². The van der Waals surface area contributed by atoms with Gasteiger partial charge in [-0.05, 0) is 74.3 Å². The van der Waals surface area contributed by atoms with E-state index >= 15 is 0 Å². The summed E-state index contributed by atoms with van der Waals surface area (Å²) in [6, 6.07) is 0. The van der Waals surface area contributed by atoms with E-state index in [0.29, 0.717) is 30.6 Å². The summed E-state index contributed by atoms with van der Waals surface area (Å²) in [7, 11) is 0. The highest BCUT2D eigenvalue weighted by Crippen LogP contribution is 2.69. The molecule has 5 heteroatoms. The van der Waals surface area contributed by atoms with Gasteiger partial charge in [-0.3, -0.25) is 14.4 Å². The van der Waals surface area contributed by atoms with Crippen molar-refractivity contribution in [1.82, 2.24) is 0 Å². The molecule has 0 bridgehead atoms. The summed E-state index contributed by atoms with van der Waals surface area (Å²) in [5.41, 5.74) is 0.579. The minimum Gasteiger partial charge on any atom is -0.451 e. The average Bonchev–Trinajstić information content (AvgIpc) is 2.96. The fourth-order valence-corrected chi connectivity index (χ4v) is 8.45. The zero-order chi connectivity index (χ0) is 22.1. The van der Waals surface area contributed by atoms with Crippen LogP contribution in [0.5, 0.6) is 0 Å². The molecule has 0 heterocycles. The third-order valence-corrected chi connectivity index (χ3v) is 9.82. The predicted molar refractivity (Wildman–Crippen MR) is 116 cm³/mol. The second-order valence-electron chi connectivity index (χ2n) is 10.5. The number of allylic oxidation sites excluding steroid dienone is 2. The highest BCUT2D eigenvalue weighted by molar-refractivity contribution is 6.18. The van der Waals surface area contributed by atoms with Crippen LogP contribution in [0.3, 0.4) is 0 Å². The molecule has 7 atom stereocenters. The zero-order valence-corrected chi connectivity index (χ0v) is 19.3. The van der Waals surface area contributed by atoms with Crippen LogP contribution in [0.15, 0.2) is 23.8 Å². The second kappa shape index (κ2) is 7.05. The highest BCUT2D eigenvalue weighted by atomic mass is 35.5. The van der Waals surface area contributed by atoms with Crippen molar-refractivity contribution in [3.63, 3.8) is 0 Å². The molecule has 30 heavy (non-hydrogen) atoms. The molecule has 0 spiro atoms. The lowest BCUT2D eigenvalue weighted by Gasteiger charge is -2.61. The van der Waals surface area contributed by atoms with Gasteiger partial charge in [-0.15, -0.1) is 11.6 Å². The highest BCUT2D eigenvalue weighted by Gasteiger charge is 2.68. The van der Waals surface area contributed by atoms with Gasteiger partial charge in [-0.1, -0.05) is 26.0 Å². The number of halogens is 1. The van der Waals surface area contributed by atoms with Gasteiger partial charge < -0.3 is 4.74 Å². The monoisotopic (exact) mass is 432 g/mol. The molecular weight excluding hydrogens is 400 g/mol. The molecule has 0 amide bonds. The summed E-state index contributed by atoms with van der Waals surface area (Å²) in [5.74, 6) is 1.33. The summed E-state index contributed by atoms with van der Waals surface area (Å²) in [5, 5.41) is 0. The Labute approximate surface area is 184 Å². The first-order valence-corrected chi connectivity index (χ1v) is 11.7. The maximum absolute atomic E-state index is 12.9. The van der Waals surface area contributed by atoms with Crippen molar-refractivity contribution in [2.24, 2.45) is 34.5 Å². The predicted octanol–water partition coefficient (Wildman–Crippen LogP) is 5.04. The molecule has 164 valence electrons. The number of hydrogen-bond acceptors (Lipinski definition) is 4. The van der Waals surface area contributed by atoms with Gasteiger partial charge in [0.15, 0.2) is 17.2 Å². The van der Waals surface area contributed by atoms with Gasteiger partial charge in [-0.2, -0.15) is 0 Å². The number of rotatable bonds is 3. The van der Waals surface area contributed by atoms with Gasteiger partial charge >= 0.3 is 5.97 Å². The molecule has 0 unspecified atom stereocenters. The minimum atomic E-state index is -1.03. The molecule has 0 aromatic carbocycles. The zero-order valence-electron chi connectivity index (χ0n) is 18.6. The van der Waals surface area contributed by atoms with Crippen LogP contribution in [0, 0.1) is 34.5 Å². The number of hydrogen-bond donors (Lipinski definition) is 0. The Balaban J connectivity index is 1.78. The number of carbonyl (C=O) groups is 3. The van der Waals surface area contributed by atoms with Gasteiger partial charge in [-0.25, -0.2) is 0 Å². The van der Waals surface area contributed by atoms with E-state index in [1.54, 1.807) is 6.92 Å². The largest absolute Gasteiger partial charge is 0.451 e. The molecule has 0 radical (unpaired) electrons. The SMILES string of the molecule is C=C1C[C@@H]2[C@H](CC[C@@]3(C)[C@H]2CC[C@]3(OC(C)=O)C(C)=O)[C@]2(C)C1=CC(=O)C[C@@H]2CCl. The lowest BCUT2D eigenvalue weighted by atomic mass is 9.44. The maximum Gasteiger partial charge on any atom is 0.303 e. The number of ether oxygens (including phenoxy) is 1. The molecule has 3 fully saturated rings. The van der Waals surface area contributed by atoms with Crippen LogP contribution in [0.1, 0.15) is 66.2 Å². The van der Waals surface area contributed by atoms with Crippen LogP contribution >= 0.6 is 11.6 Å². The summed E-state index contributed by atoms with van der Waals surface area (Å²) >= 11 is 6.41. The Morgan fingerprint density at radius 3 is 2.43 bits per heavy atom. The number of esters is 1. The van der Waals surface area contributed by atoms with Crippen molar-refractivity contribution >= 4 is 29.1 Å². The molecule has 4 aliphatic rings. The molecule has 4 aliphatic carbocycles. The number of alkyl halides is 1. The number of fused-ring (bicyclic) bond motifs is 5. The van der Waals surface area contributed by atoms with Crippen molar-refractivity contribution in [3.05, 3.63) is 23.8 Å². The van der Waals surface area contributed by atoms with Crippen LogP contribution in [-0.4, -0.2) is 29.0 Å². The topological polar surface area (TPSA) is 60.4 Å². The molecule has 0 N–H and O–H groups in total. The van der Waals surface area contributed by atoms with Crippen molar-refractivity contribution in [1.29, 1.82) is 0 Å². The number of carbonyl (C=O) groups excluding carboxylic acids is 3. The van der Waals surface area contributed by atoms with E-state index in [2.05, 4.69) is 20.4 Å². The van der Waals surface area contributed by atoms with Crippen LogP contribution in [-0.2, 0) is 19.1 Å².